The lowest BCUT2D eigenvalue weighted by Gasteiger charge is -2.26. The van der Waals surface area contributed by atoms with E-state index in [9.17, 15) is 4.79 Å². The Labute approximate surface area is 175 Å². The summed E-state index contributed by atoms with van der Waals surface area (Å²) in [6.07, 6.45) is 8.42. The third-order valence-corrected chi connectivity index (χ3v) is 6.68. The van der Waals surface area contributed by atoms with Crippen molar-refractivity contribution in [1.29, 1.82) is 0 Å². The average molecular weight is 391 g/mol. The lowest BCUT2D eigenvalue weighted by molar-refractivity contribution is 0.0933. The number of amides is 1. The summed E-state index contributed by atoms with van der Waals surface area (Å²) in [7, 11) is 0. The van der Waals surface area contributed by atoms with Gasteiger partial charge in [0.05, 0.1) is 0 Å². The van der Waals surface area contributed by atoms with E-state index in [1.165, 1.54) is 42.4 Å². The van der Waals surface area contributed by atoms with Crippen LogP contribution in [-0.2, 0) is 12.8 Å². The standard InChI is InChI=1S/C26H34N2O/c1-18(2)21-7-8-23-16-25(14-11-22(23)15-21)28-26(29)20-9-12-24(13-10-20)27-17-19-5-3-4-6-19/h7-10,12-13,15,18-19,25,27H,3-6,11,14,16-17H2,1-2H3,(H,28,29). The first-order valence-corrected chi connectivity index (χ1v) is 11.3. The molecule has 154 valence electrons. The van der Waals surface area contributed by atoms with E-state index in [4.69, 9.17) is 0 Å². The van der Waals surface area contributed by atoms with Gasteiger partial charge in [0.25, 0.3) is 5.91 Å². The van der Waals surface area contributed by atoms with Crippen LogP contribution < -0.4 is 10.6 Å². The average Bonchev–Trinajstić information content (AvgIpc) is 3.26. The predicted octanol–water partition coefficient (Wildman–Crippen LogP) is 5.70. The van der Waals surface area contributed by atoms with Crippen molar-refractivity contribution in [3.63, 3.8) is 0 Å². The predicted molar refractivity (Wildman–Crippen MR) is 121 cm³/mol. The van der Waals surface area contributed by atoms with E-state index in [-0.39, 0.29) is 11.9 Å². The summed E-state index contributed by atoms with van der Waals surface area (Å²) in [5.41, 5.74) is 6.11. The van der Waals surface area contributed by atoms with Crippen LogP contribution in [0.5, 0.6) is 0 Å². The highest BCUT2D eigenvalue weighted by Crippen LogP contribution is 2.26. The molecule has 1 atom stereocenters. The quantitative estimate of drug-likeness (QED) is 0.664. The molecule has 1 amide bonds. The number of benzene rings is 2. The SMILES string of the molecule is CC(C)c1ccc2c(c1)CCC(NC(=O)c1ccc(NCC3CCCC3)cc1)C2. The molecule has 1 unspecified atom stereocenters. The van der Waals surface area contributed by atoms with E-state index in [2.05, 4.69) is 42.7 Å². The zero-order chi connectivity index (χ0) is 20.2. The lowest BCUT2D eigenvalue weighted by Crippen LogP contribution is -2.38. The molecule has 2 aromatic rings. The number of hydrogen-bond acceptors (Lipinski definition) is 2. The Morgan fingerprint density at radius 1 is 1.00 bits per heavy atom. The number of carbonyl (C=O) groups excluding carboxylic acids is 1. The molecule has 0 spiro atoms. The van der Waals surface area contributed by atoms with Crippen LogP contribution in [0.25, 0.3) is 0 Å². The van der Waals surface area contributed by atoms with E-state index in [0.717, 1.165) is 43.0 Å². The first-order valence-electron chi connectivity index (χ1n) is 11.3. The molecule has 4 rings (SSSR count). The van der Waals surface area contributed by atoms with Crippen LogP contribution in [0.1, 0.15) is 78.9 Å². The molecule has 0 aromatic heterocycles. The number of aryl methyl sites for hydroxylation is 1. The Hall–Kier alpha value is -2.29. The van der Waals surface area contributed by atoms with Crippen LogP contribution in [0.3, 0.4) is 0 Å². The van der Waals surface area contributed by atoms with Gasteiger partial charge in [-0.05, 0) is 84.9 Å². The van der Waals surface area contributed by atoms with Gasteiger partial charge in [-0.15, -0.1) is 0 Å². The lowest BCUT2D eigenvalue weighted by atomic mass is 9.85. The number of nitrogens with one attached hydrogen (secondary N) is 2. The van der Waals surface area contributed by atoms with E-state index >= 15 is 0 Å². The topological polar surface area (TPSA) is 41.1 Å². The molecule has 3 heteroatoms. The summed E-state index contributed by atoms with van der Waals surface area (Å²) in [5.74, 6) is 1.41. The van der Waals surface area contributed by atoms with E-state index < -0.39 is 0 Å². The van der Waals surface area contributed by atoms with Gasteiger partial charge in [0, 0.05) is 23.8 Å². The maximum atomic E-state index is 12.7. The van der Waals surface area contributed by atoms with Crippen LogP contribution in [0.2, 0.25) is 0 Å². The molecule has 3 nitrogen and oxygen atoms in total. The number of anilines is 1. The van der Waals surface area contributed by atoms with Crippen molar-refractivity contribution in [2.24, 2.45) is 5.92 Å². The molecular formula is C26H34N2O. The molecular weight excluding hydrogens is 356 g/mol. The number of hydrogen-bond donors (Lipinski definition) is 2. The summed E-state index contributed by atoms with van der Waals surface area (Å²) in [5, 5.41) is 6.78. The normalized spacial score (nSPS) is 19.2. The molecule has 0 radical (unpaired) electrons. The van der Waals surface area contributed by atoms with Crippen molar-refractivity contribution >= 4 is 11.6 Å². The van der Waals surface area contributed by atoms with Crippen molar-refractivity contribution in [3.8, 4) is 0 Å². The Bertz CT molecular complexity index is 834. The minimum atomic E-state index is 0.0413. The van der Waals surface area contributed by atoms with Crippen molar-refractivity contribution in [2.75, 3.05) is 11.9 Å². The molecule has 2 aromatic carbocycles. The van der Waals surface area contributed by atoms with E-state index in [1.807, 2.05) is 24.3 Å². The summed E-state index contributed by atoms with van der Waals surface area (Å²) < 4.78 is 0. The summed E-state index contributed by atoms with van der Waals surface area (Å²) in [6, 6.07) is 15.0. The largest absolute Gasteiger partial charge is 0.385 e. The van der Waals surface area contributed by atoms with Gasteiger partial charge in [-0.25, -0.2) is 0 Å². The second-order valence-electron chi connectivity index (χ2n) is 9.20. The summed E-state index contributed by atoms with van der Waals surface area (Å²) in [6.45, 7) is 5.53. The Morgan fingerprint density at radius 3 is 2.48 bits per heavy atom. The number of fused-ring (bicyclic) bond motifs is 1. The maximum Gasteiger partial charge on any atom is 0.251 e. The minimum Gasteiger partial charge on any atom is -0.385 e. The van der Waals surface area contributed by atoms with Gasteiger partial charge in [-0.3, -0.25) is 4.79 Å². The molecule has 29 heavy (non-hydrogen) atoms. The highest BCUT2D eigenvalue weighted by molar-refractivity contribution is 5.94. The highest BCUT2D eigenvalue weighted by Gasteiger charge is 2.21. The molecule has 1 fully saturated rings. The molecule has 0 bridgehead atoms. The zero-order valence-electron chi connectivity index (χ0n) is 17.8. The first kappa shape index (κ1) is 20.0. The number of carbonyl (C=O) groups is 1. The molecule has 0 saturated heterocycles. The zero-order valence-corrected chi connectivity index (χ0v) is 17.8. The molecule has 2 N–H and O–H groups in total. The fourth-order valence-corrected chi connectivity index (χ4v) is 4.74. The maximum absolute atomic E-state index is 12.7. The molecule has 0 heterocycles. The van der Waals surface area contributed by atoms with Crippen LogP contribution >= 0.6 is 0 Å². The van der Waals surface area contributed by atoms with Gasteiger partial charge in [0.2, 0.25) is 0 Å². The molecule has 0 aliphatic heterocycles. The van der Waals surface area contributed by atoms with Gasteiger partial charge < -0.3 is 10.6 Å². The van der Waals surface area contributed by atoms with Crippen LogP contribution in [0.4, 0.5) is 5.69 Å². The second kappa shape index (κ2) is 9.02. The number of rotatable bonds is 6. The highest BCUT2D eigenvalue weighted by atomic mass is 16.1. The summed E-state index contributed by atoms with van der Waals surface area (Å²) >= 11 is 0. The van der Waals surface area contributed by atoms with Crippen LogP contribution in [0, 0.1) is 5.92 Å². The van der Waals surface area contributed by atoms with E-state index in [0.29, 0.717) is 5.92 Å². The van der Waals surface area contributed by atoms with Crippen molar-refractivity contribution in [1.82, 2.24) is 5.32 Å². The van der Waals surface area contributed by atoms with Crippen molar-refractivity contribution in [2.45, 2.75) is 70.8 Å². The third-order valence-electron chi connectivity index (χ3n) is 6.68. The van der Waals surface area contributed by atoms with Gasteiger partial charge in [-0.1, -0.05) is 44.9 Å². The smallest absolute Gasteiger partial charge is 0.251 e. The van der Waals surface area contributed by atoms with E-state index in [1.54, 1.807) is 0 Å². The fourth-order valence-electron chi connectivity index (χ4n) is 4.74. The summed E-state index contributed by atoms with van der Waals surface area (Å²) in [4.78, 5) is 12.7. The molecule has 1 saturated carbocycles. The van der Waals surface area contributed by atoms with Crippen molar-refractivity contribution in [3.05, 3.63) is 64.7 Å². The van der Waals surface area contributed by atoms with Gasteiger partial charge >= 0.3 is 0 Å². The van der Waals surface area contributed by atoms with Crippen LogP contribution in [-0.4, -0.2) is 18.5 Å². The monoisotopic (exact) mass is 390 g/mol. The Morgan fingerprint density at radius 2 is 1.76 bits per heavy atom. The van der Waals surface area contributed by atoms with Crippen molar-refractivity contribution < 1.29 is 4.79 Å². The fraction of sp³-hybridized carbons (Fsp3) is 0.500. The Kier molecular flexibility index (Phi) is 6.22. The first-order chi connectivity index (χ1) is 14.1. The molecule has 2 aliphatic rings. The van der Waals surface area contributed by atoms with Gasteiger partial charge in [-0.2, -0.15) is 0 Å². The molecule has 2 aliphatic carbocycles. The minimum absolute atomic E-state index is 0.0413. The Balaban J connectivity index is 1.31. The van der Waals surface area contributed by atoms with Crippen LogP contribution in [0.15, 0.2) is 42.5 Å². The second-order valence-corrected chi connectivity index (χ2v) is 9.20. The third kappa shape index (κ3) is 5.01. The van der Waals surface area contributed by atoms with Gasteiger partial charge in [0.1, 0.15) is 0 Å². The van der Waals surface area contributed by atoms with Gasteiger partial charge in [0.15, 0.2) is 0 Å².